The molecule has 312 valence electrons. The highest BCUT2D eigenvalue weighted by Crippen LogP contribution is 2.25. The van der Waals surface area contributed by atoms with E-state index in [1.165, 1.54) is 0 Å². The van der Waals surface area contributed by atoms with Gasteiger partial charge in [-0.05, 0) is 96.2 Å². The Morgan fingerprint density at radius 1 is 0.542 bits per heavy atom. The highest BCUT2D eigenvalue weighted by Gasteiger charge is 2.31. The lowest BCUT2D eigenvalue weighted by Gasteiger charge is -2.24. The Bertz CT molecular complexity index is 2070. The Labute approximate surface area is 355 Å². The molecule has 0 radical (unpaired) electrons. The fourth-order valence-electron chi connectivity index (χ4n) is 6.63. The molecule has 0 aliphatic rings. The van der Waals surface area contributed by atoms with Crippen molar-refractivity contribution in [3.8, 4) is 22.3 Å². The Morgan fingerprint density at radius 2 is 0.932 bits per heavy atom. The Kier molecular flexibility index (Phi) is 17.9. The van der Waals surface area contributed by atoms with Crippen molar-refractivity contribution >= 4 is 58.5 Å². The number of ketones is 2. The fraction of sp³-hybridized carbons (Fsp3) is 0.318. The molecule has 4 aromatic rings. The van der Waals surface area contributed by atoms with E-state index in [9.17, 15) is 19.2 Å². The maximum absolute atomic E-state index is 14.2. The number of carbonyl (C=O) groups is 4. The molecule has 0 aromatic heterocycles. The molecule has 0 bridgehead atoms. The highest BCUT2D eigenvalue weighted by atomic mass is 35.5. The van der Waals surface area contributed by atoms with E-state index in [0.717, 1.165) is 33.4 Å². The van der Waals surface area contributed by atoms with E-state index in [1.54, 1.807) is 12.1 Å². The summed E-state index contributed by atoms with van der Waals surface area (Å²) in [5.41, 5.74) is 39.5. The molecule has 0 saturated carbocycles. The molecule has 4 aromatic carbocycles. The summed E-state index contributed by atoms with van der Waals surface area (Å²) < 4.78 is 0. The van der Waals surface area contributed by atoms with Crippen LogP contribution in [0.2, 0.25) is 10.0 Å². The summed E-state index contributed by atoms with van der Waals surface area (Å²) in [6.45, 7) is 0.488. The van der Waals surface area contributed by atoms with Gasteiger partial charge in [-0.15, -0.1) is 0 Å². The van der Waals surface area contributed by atoms with Crippen LogP contribution in [-0.2, 0) is 32.0 Å². The lowest BCUT2D eigenvalue weighted by atomic mass is 9.89. The van der Waals surface area contributed by atoms with Gasteiger partial charge in [-0.1, -0.05) is 96.0 Å². The third-order valence-electron chi connectivity index (χ3n) is 9.96. The van der Waals surface area contributed by atoms with Crippen LogP contribution in [0.15, 0.2) is 107 Å². The summed E-state index contributed by atoms with van der Waals surface area (Å²) in [5, 5.41) is 4.18. The number of amides is 2. The second kappa shape index (κ2) is 23.0. The van der Waals surface area contributed by atoms with Gasteiger partial charge in [0.15, 0.2) is 23.5 Å². The summed E-state index contributed by atoms with van der Waals surface area (Å²) in [5.74, 6) is -3.74. The molecule has 0 saturated heterocycles. The molecule has 2 amide bonds. The summed E-state index contributed by atoms with van der Waals surface area (Å²) in [4.78, 5) is 62.3. The van der Waals surface area contributed by atoms with E-state index in [4.69, 9.17) is 57.6 Å². The third kappa shape index (κ3) is 15.5. The summed E-state index contributed by atoms with van der Waals surface area (Å²) in [6, 6.07) is 28.2. The molecule has 59 heavy (non-hydrogen) atoms. The first-order chi connectivity index (χ1) is 28.2. The molecule has 13 N–H and O–H groups in total. The van der Waals surface area contributed by atoms with Gasteiger partial charge in [0, 0.05) is 47.8 Å². The van der Waals surface area contributed by atoms with Crippen molar-refractivity contribution in [2.24, 2.45) is 56.2 Å². The summed E-state index contributed by atoms with van der Waals surface area (Å²) in [7, 11) is 0. The minimum atomic E-state index is -1.05. The van der Waals surface area contributed by atoms with Gasteiger partial charge >= 0.3 is 0 Å². The lowest BCUT2D eigenvalue weighted by molar-refractivity contribution is -0.134. The van der Waals surface area contributed by atoms with Gasteiger partial charge in [-0.2, -0.15) is 0 Å². The maximum Gasteiger partial charge on any atom is 0.224 e. The zero-order valence-corrected chi connectivity index (χ0v) is 34.4. The van der Waals surface area contributed by atoms with Crippen molar-refractivity contribution in [3.63, 3.8) is 0 Å². The van der Waals surface area contributed by atoms with Gasteiger partial charge in [0.25, 0.3) is 0 Å². The van der Waals surface area contributed by atoms with Gasteiger partial charge in [0.05, 0.1) is 12.1 Å². The first-order valence-corrected chi connectivity index (χ1v) is 20.1. The topological polar surface area (TPSA) is 261 Å². The number of nitrogens with two attached hydrogens (primary N) is 6. The zero-order chi connectivity index (χ0) is 42.9. The van der Waals surface area contributed by atoms with Crippen molar-refractivity contribution in [2.75, 3.05) is 13.1 Å². The summed E-state index contributed by atoms with van der Waals surface area (Å²) in [6.07, 6.45) is 1.27. The number of Topliss-reactive ketones (excluding diaryl/α,β-unsaturated/α-hetero) is 2. The molecule has 0 heterocycles. The first-order valence-electron chi connectivity index (χ1n) is 19.4. The van der Waals surface area contributed by atoms with Crippen LogP contribution >= 0.6 is 23.2 Å². The Morgan fingerprint density at radius 3 is 1.36 bits per heavy atom. The number of hydrogen-bond acceptors (Lipinski definition) is 7. The number of halogens is 2. The van der Waals surface area contributed by atoms with Crippen LogP contribution in [0, 0.1) is 11.8 Å². The SMILES string of the molecule is NC(=O)[C@@H](CCCN=C(N)N)CC(=O)[C@H](Cc1ccc(-c2ccc(Cl)cc2)cc1)NC(=O)[C@H](CCCN=C(N)N)CC(=O)[C@@H](N)Cc1ccc(-c2ccc(Cl)cc2)cc1. The van der Waals surface area contributed by atoms with E-state index in [-0.39, 0.29) is 69.3 Å². The quantitative estimate of drug-likeness (QED) is 0.0311. The number of hydrogen-bond donors (Lipinski definition) is 7. The van der Waals surface area contributed by atoms with Crippen molar-refractivity contribution in [1.29, 1.82) is 0 Å². The number of nitrogens with zero attached hydrogens (tertiary/aromatic N) is 2. The highest BCUT2D eigenvalue weighted by molar-refractivity contribution is 6.31. The normalized spacial score (nSPS) is 13.0. The van der Waals surface area contributed by atoms with E-state index in [0.29, 0.717) is 22.9 Å². The number of benzene rings is 4. The van der Waals surface area contributed by atoms with E-state index < -0.39 is 41.5 Å². The van der Waals surface area contributed by atoms with E-state index in [1.807, 2.05) is 84.9 Å². The van der Waals surface area contributed by atoms with Crippen molar-refractivity contribution in [3.05, 3.63) is 118 Å². The fourth-order valence-corrected chi connectivity index (χ4v) is 6.88. The van der Waals surface area contributed by atoms with Crippen LogP contribution in [0.25, 0.3) is 22.3 Å². The smallest absolute Gasteiger partial charge is 0.224 e. The molecular weight excluding hydrogens is 789 g/mol. The van der Waals surface area contributed by atoms with Crippen molar-refractivity contribution in [2.45, 2.75) is 63.5 Å². The molecular formula is C44H53Cl2N9O4. The third-order valence-corrected chi connectivity index (χ3v) is 10.5. The van der Waals surface area contributed by atoms with E-state index >= 15 is 0 Å². The van der Waals surface area contributed by atoms with Crippen LogP contribution in [0.3, 0.4) is 0 Å². The number of rotatable bonds is 23. The number of primary amides is 1. The summed E-state index contributed by atoms with van der Waals surface area (Å²) >= 11 is 12.1. The monoisotopic (exact) mass is 841 g/mol. The molecule has 13 nitrogen and oxygen atoms in total. The van der Waals surface area contributed by atoms with Crippen LogP contribution in [0.5, 0.6) is 0 Å². The van der Waals surface area contributed by atoms with Gasteiger partial charge < -0.3 is 39.7 Å². The number of aliphatic imine (C=N–C) groups is 2. The van der Waals surface area contributed by atoms with Crippen molar-refractivity contribution in [1.82, 2.24) is 5.32 Å². The molecule has 0 aliphatic carbocycles. The minimum absolute atomic E-state index is 0.0854. The second-order valence-electron chi connectivity index (χ2n) is 14.5. The predicted octanol–water partition coefficient (Wildman–Crippen LogP) is 4.67. The van der Waals surface area contributed by atoms with Crippen LogP contribution in [-0.4, -0.2) is 60.5 Å². The molecule has 0 unspecified atom stereocenters. The van der Waals surface area contributed by atoms with Gasteiger partial charge in [-0.3, -0.25) is 29.2 Å². The average molecular weight is 843 g/mol. The van der Waals surface area contributed by atoms with E-state index in [2.05, 4.69) is 15.3 Å². The first kappa shape index (κ1) is 45.9. The number of carbonyl (C=O) groups excluding carboxylic acids is 4. The molecule has 4 atom stereocenters. The predicted molar refractivity (Wildman–Crippen MR) is 236 cm³/mol. The van der Waals surface area contributed by atoms with Crippen LogP contribution in [0.4, 0.5) is 0 Å². The average Bonchev–Trinajstić information content (AvgIpc) is 3.20. The zero-order valence-electron chi connectivity index (χ0n) is 32.9. The lowest BCUT2D eigenvalue weighted by Crippen LogP contribution is -2.47. The Hall–Kier alpha value is -5.76. The minimum Gasteiger partial charge on any atom is -0.370 e. The number of nitrogens with one attached hydrogen (secondary N) is 1. The van der Waals surface area contributed by atoms with Crippen molar-refractivity contribution < 1.29 is 19.2 Å². The van der Waals surface area contributed by atoms with Crippen LogP contribution < -0.4 is 39.7 Å². The molecule has 0 fully saturated rings. The van der Waals surface area contributed by atoms with Crippen LogP contribution in [0.1, 0.15) is 49.7 Å². The largest absolute Gasteiger partial charge is 0.370 e. The number of guanidine groups is 2. The van der Waals surface area contributed by atoms with Gasteiger partial charge in [0.1, 0.15) is 0 Å². The standard InChI is InChI=1S/C44H53Cl2N9O4/c45-35-17-13-31(14-18-35)29-9-5-27(6-10-29)23-37(47)39(56)26-34(4-2-22-54-44(51)52)42(59)55-38(40(57)25-33(41(48)58)3-1-21-53-43(49)50)24-28-7-11-30(12-8-28)32-15-19-36(46)20-16-32/h5-20,33-34,37-38H,1-4,21-26,47H2,(H2,48,58)(H,55,59)(H4,49,50,53)(H4,51,52,54)/t33-,34+,37-,38-/m0/s1. The molecule has 4 rings (SSSR count). The molecule has 0 aliphatic heterocycles. The Balaban J connectivity index is 1.53. The maximum atomic E-state index is 14.2. The molecule has 15 heteroatoms. The van der Waals surface area contributed by atoms with Gasteiger partial charge in [-0.25, -0.2) is 0 Å². The molecule has 0 spiro atoms. The van der Waals surface area contributed by atoms with Gasteiger partial charge in [0.2, 0.25) is 11.8 Å². The second-order valence-corrected chi connectivity index (χ2v) is 15.4.